The summed E-state index contributed by atoms with van der Waals surface area (Å²) in [7, 11) is 0. The molecule has 162 valence electrons. The number of halogens is 2. The molecule has 33 heavy (non-hydrogen) atoms. The van der Waals surface area contributed by atoms with E-state index in [4.69, 9.17) is 0 Å². The molecule has 0 fully saturated rings. The second-order valence-corrected chi connectivity index (χ2v) is 8.55. The molecule has 0 radical (unpaired) electrons. The van der Waals surface area contributed by atoms with E-state index in [9.17, 15) is 13.6 Å². The van der Waals surface area contributed by atoms with Gasteiger partial charge in [-0.1, -0.05) is 72.4 Å². The van der Waals surface area contributed by atoms with Gasteiger partial charge in [0, 0.05) is 33.1 Å². The van der Waals surface area contributed by atoms with Crippen molar-refractivity contribution in [3.8, 4) is 11.1 Å². The molecular weight excluding hydrogens is 438 g/mol. The van der Waals surface area contributed by atoms with Crippen LogP contribution in [0.1, 0.15) is 0 Å². The Morgan fingerprint density at radius 2 is 1.45 bits per heavy atom. The second-order valence-electron chi connectivity index (χ2n) is 7.43. The monoisotopic (exact) mass is 456 g/mol. The highest BCUT2D eigenvalue weighted by Gasteiger charge is 2.15. The van der Waals surface area contributed by atoms with Crippen LogP contribution in [-0.4, -0.2) is 10.6 Å². The number of nitrogens with one attached hydrogen (secondary N) is 1. The average molecular weight is 457 g/mol. The molecule has 0 saturated carbocycles. The number of para-hydroxylation sites is 1. The summed E-state index contributed by atoms with van der Waals surface area (Å²) in [5, 5.41) is 3.56. The molecule has 6 heteroatoms. The van der Waals surface area contributed by atoms with Gasteiger partial charge in [-0.3, -0.25) is 4.57 Å². The number of hydrogen-bond acceptors (Lipinski definition) is 2. The minimum absolute atomic E-state index is 0.183. The molecular formula is C27H18F2N2OS. The van der Waals surface area contributed by atoms with Crippen LogP contribution in [0.5, 0.6) is 0 Å². The van der Waals surface area contributed by atoms with Gasteiger partial charge in [-0.05, 0) is 41.5 Å². The zero-order valence-corrected chi connectivity index (χ0v) is 18.2. The Morgan fingerprint density at radius 1 is 0.758 bits per heavy atom. The number of carbonyl (C=O) groups excluding carboxylic acids is 1. The van der Waals surface area contributed by atoms with Crippen LogP contribution in [0.2, 0.25) is 0 Å². The highest BCUT2D eigenvalue weighted by Crippen LogP contribution is 2.36. The fourth-order valence-electron chi connectivity index (χ4n) is 3.63. The Bertz CT molecular complexity index is 1450. The van der Waals surface area contributed by atoms with Gasteiger partial charge in [0.1, 0.15) is 0 Å². The molecule has 0 saturated heterocycles. The van der Waals surface area contributed by atoms with Crippen molar-refractivity contribution in [3.63, 3.8) is 0 Å². The highest BCUT2D eigenvalue weighted by molar-refractivity contribution is 7.99. The van der Waals surface area contributed by atoms with Crippen LogP contribution in [0.25, 0.3) is 22.0 Å². The van der Waals surface area contributed by atoms with Gasteiger partial charge in [-0.2, -0.15) is 0 Å². The SMILES string of the molecule is O=C(Nc1ccc(F)c(F)c1)n1cc(Sc2ccc(-c3ccccc3)cc2)c2ccccc21. The Hall–Kier alpha value is -3.90. The first kappa shape index (κ1) is 21.0. The second kappa shape index (κ2) is 8.92. The minimum atomic E-state index is -1.01. The van der Waals surface area contributed by atoms with E-state index < -0.39 is 17.7 Å². The maximum Gasteiger partial charge on any atom is 0.330 e. The lowest BCUT2D eigenvalue weighted by molar-refractivity contribution is 0.254. The maximum absolute atomic E-state index is 13.5. The van der Waals surface area contributed by atoms with Crippen molar-refractivity contribution < 1.29 is 13.6 Å². The van der Waals surface area contributed by atoms with Gasteiger partial charge in [0.15, 0.2) is 11.6 Å². The fraction of sp³-hybridized carbons (Fsp3) is 0. The molecule has 0 atom stereocenters. The Morgan fingerprint density at radius 3 is 2.21 bits per heavy atom. The van der Waals surface area contributed by atoms with Crippen LogP contribution in [0.4, 0.5) is 19.3 Å². The van der Waals surface area contributed by atoms with Gasteiger partial charge >= 0.3 is 6.03 Å². The van der Waals surface area contributed by atoms with E-state index in [1.54, 1.807) is 18.0 Å². The zero-order chi connectivity index (χ0) is 22.8. The Labute approximate surface area is 193 Å². The fourth-order valence-corrected chi connectivity index (χ4v) is 4.60. The summed E-state index contributed by atoms with van der Waals surface area (Å²) in [5.41, 5.74) is 3.19. The lowest BCUT2D eigenvalue weighted by Gasteiger charge is -2.07. The van der Waals surface area contributed by atoms with E-state index in [1.165, 1.54) is 10.6 Å². The molecule has 1 amide bonds. The summed E-state index contributed by atoms with van der Waals surface area (Å²) in [5.74, 6) is -1.98. The topological polar surface area (TPSA) is 34.0 Å². The lowest BCUT2D eigenvalue weighted by atomic mass is 10.1. The van der Waals surface area contributed by atoms with Crippen molar-refractivity contribution in [2.45, 2.75) is 9.79 Å². The molecule has 1 heterocycles. The number of nitrogens with zero attached hydrogens (tertiary/aromatic N) is 1. The number of fused-ring (bicyclic) bond motifs is 1. The van der Waals surface area contributed by atoms with E-state index in [0.29, 0.717) is 0 Å². The molecule has 0 aliphatic heterocycles. The molecule has 0 unspecified atom stereocenters. The molecule has 4 aromatic carbocycles. The number of anilines is 1. The van der Waals surface area contributed by atoms with Crippen molar-refractivity contribution in [1.82, 2.24) is 4.57 Å². The zero-order valence-electron chi connectivity index (χ0n) is 17.3. The van der Waals surface area contributed by atoms with E-state index in [0.717, 1.165) is 44.0 Å². The summed E-state index contributed by atoms with van der Waals surface area (Å²) in [6, 6.07) is 28.8. The summed E-state index contributed by atoms with van der Waals surface area (Å²) in [6.45, 7) is 0. The average Bonchev–Trinajstić information content (AvgIpc) is 3.21. The normalized spacial score (nSPS) is 11.0. The van der Waals surface area contributed by atoms with Gasteiger partial charge in [0.05, 0.1) is 5.52 Å². The minimum Gasteiger partial charge on any atom is -0.307 e. The van der Waals surface area contributed by atoms with Gasteiger partial charge in [-0.25, -0.2) is 13.6 Å². The molecule has 1 N–H and O–H groups in total. The highest BCUT2D eigenvalue weighted by atomic mass is 32.2. The summed E-state index contributed by atoms with van der Waals surface area (Å²) >= 11 is 1.56. The Balaban J connectivity index is 1.42. The molecule has 0 bridgehead atoms. The molecule has 0 aliphatic rings. The third kappa shape index (κ3) is 4.38. The molecule has 0 aliphatic carbocycles. The largest absolute Gasteiger partial charge is 0.330 e. The molecule has 0 spiro atoms. The first-order valence-corrected chi connectivity index (χ1v) is 11.1. The van der Waals surface area contributed by atoms with Gasteiger partial charge in [0.25, 0.3) is 0 Å². The maximum atomic E-state index is 13.5. The van der Waals surface area contributed by atoms with Crippen LogP contribution >= 0.6 is 11.8 Å². The smallest absolute Gasteiger partial charge is 0.307 e. The summed E-state index contributed by atoms with van der Waals surface area (Å²) in [4.78, 5) is 14.9. The number of amides is 1. The van der Waals surface area contributed by atoms with Crippen molar-refractivity contribution in [2.75, 3.05) is 5.32 Å². The third-order valence-corrected chi connectivity index (χ3v) is 6.31. The van der Waals surface area contributed by atoms with Crippen LogP contribution in [0.3, 0.4) is 0 Å². The molecule has 3 nitrogen and oxygen atoms in total. The standard InChI is InChI=1S/C27H18F2N2OS/c28-23-15-12-20(16-24(23)29)30-27(32)31-17-26(22-8-4-5-9-25(22)31)33-21-13-10-19(11-14-21)18-6-2-1-3-7-18/h1-17H,(H,30,32). The number of carbonyl (C=O) groups is 1. The molecule has 5 aromatic rings. The van der Waals surface area contributed by atoms with Crippen LogP contribution in [0, 0.1) is 11.6 Å². The Kier molecular flexibility index (Phi) is 5.67. The summed E-state index contributed by atoms with van der Waals surface area (Å²) in [6.07, 6.45) is 1.76. The van der Waals surface area contributed by atoms with E-state index in [-0.39, 0.29) is 5.69 Å². The first-order chi connectivity index (χ1) is 16.1. The summed E-state index contributed by atoms with van der Waals surface area (Å²) < 4.78 is 28.2. The number of benzene rings is 4. The van der Waals surface area contributed by atoms with Crippen molar-refractivity contribution in [1.29, 1.82) is 0 Å². The van der Waals surface area contributed by atoms with Crippen LogP contribution in [-0.2, 0) is 0 Å². The first-order valence-electron chi connectivity index (χ1n) is 10.3. The van der Waals surface area contributed by atoms with Crippen molar-refractivity contribution in [3.05, 3.63) is 115 Å². The molecule has 5 rings (SSSR count). The van der Waals surface area contributed by atoms with Gasteiger partial charge in [-0.15, -0.1) is 0 Å². The van der Waals surface area contributed by atoms with Crippen molar-refractivity contribution >= 4 is 34.4 Å². The number of rotatable bonds is 4. The van der Waals surface area contributed by atoms with E-state index >= 15 is 0 Å². The third-order valence-electron chi connectivity index (χ3n) is 5.25. The number of hydrogen-bond donors (Lipinski definition) is 1. The van der Waals surface area contributed by atoms with Crippen molar-refractivity contribution in [2.24, 2.45) is 0 Å². The van der Waals surface area contributed by atoms with E-state index in [1.807, 2.05) is 42.5 Å². The quantitative estimate of drug-likeness (QED) is 0.299. The predicted molar refractivity (Wildman–Crippen MR) is 129 cm³/mol. The van der Waals surface area contributed by atoms with Crippen LogP contribution in [0.15, 0.2) is 113 Å². The van der Waals surface area contributed by atoms with Gasteiger partial charge < -0.3 is 5.32 Å². The van der Waals surface area contributed by atoms with Gasteiger partial charge in [0.2, 0.25) is 0 Å². The number of aromatic nitrogens is 1. The molecule has 1 aromatic heterocycles. The van der Waals surface area contributed by atoms with E-state index in [2.05, 4.69) is 41.7 Å². The van der Waals surface area contributed by atoms with Crippen LogP contribution < -0.4 is 5.32 Å². The predicted octanol–water partition coefficient (Wildman–Crippen LogP) is 7.82. The lowest BCUT2D eigenvalue weighted by Crippen LogP contribution is -2.18.